The third-order valence-corrected chi connectivity index (χ3v) is 4.87. The van der Waals surface area contributed by atoms with Crippen LogP contribution >= 0.6 is 0 Å². The fourth-order valence-corrected chi connectivity index (χ4v) is 3.23. The number of aliphatic hydroxyl groups excluding tert-OH is 1. The fraction of sp³-hybridized carbons (Fsp3) is 0.500. The van der Waals surface area contributed by atoms with E-state index in [1.165, 1.54) is 19.1 Å². The zero-order chi connectivity index (χ0) is 19.6. The number of nitrogens with zero attached hydrogens (tertiary/aromatic N) is 3. The van der Waals surface area contributed by atoms with E-state index in [1.54, 1.807) is 7.11 Å². The van der Waals surface area contributed by atoms with Crippen LogP contribution in [0.5, 0.6) is 0 Å². The minimum atomic E-state index is -1.13. The Bertz CT molecular complexity index is 834. The third-order valence-electron chi connectivity index (χ3n) is 4.87. The van der Waals surface area contributed by atoms with E-state index in [-0.39, 0.29) is 29.7 Å². The largest absolute Gasteiger partial charge is 0.388 e. The minimum Gasteiger partial charge on any atom is -0.388 e. The highest BCUT2D eigenvalue weighted by Crippen LogP contribution is 2.36. The van der Waals surface area contributed by atoms with E-state index in [2.05, 4.69) is 15.5 Å². The quantitative estimate of drug-likeness (QED) is 0.763. The first kappa shape index (κ1) is 19.4. The second kappa shape index (κ2) is 8.10. The van der Waals surface area contributed by atoms with Crippen LogP contribution in [-0.2, 0) is 17.9 Å². The number of nitrogens with one attached hydrogen (secondary N) is 1. The number of hydrogen-bond acceptors (Lipinski definition) is 5. The van der Waals surface area contributed by atoms with Crippen molar-refractivity contribution in [1.29, 1.82) is 0 Å². The lowest BCUT2D eigenvalue weighted by Crippen LogP contribution is -2.44. The van der Waals surface area contributed by atoms with Gasteiger partial charge in [-0.3, -0.25) is 4.79 Å². The smallest absolute Gasteiger partial charge is 0.254 e. The number of aliphatic hydroxyl groups is 1. The summed E-state index contributed by atoms with van der Waals surface area (Å²) in [6.07, 6.45) is 1.22. The average molecular weight is 380 g/mol. The normalized spacial score (nSPS) is 19.0. The Hall–Kier alpha value is -2.39. The van der Waals surface area contributed by atoms with E-state index >= 15 is 0 Å². The molecule has 146 valence electrons. The molecule has 0 radical (unpaired) electrons. The zero-order valence-electron chi connectivity index (χ0n) is 15.2. The summed E-state index contributed by atoms with van der Waals surface area (Å²) in [4.78, 5) is 12.2. The number of methoxy groups -OCH3 is 1. The number of carbonyl (C=O) groups excluding carboxylic acids is 1. The molecule has 9 heteroatoms. The maximum atomic E-state index is 13.9. The fourth-order valence-electron chi connectivity index (χ4n) is 3.23. The number of aryl methyl sites for hydroxylation is 1. The topological polar surface area (TPSA) is 89.3 Å². The monoisotopic (exact) mass is 380 g/mol. The van der Waals surface area contributed by atoms with E-state index in [1.807, 2.05) is 4.57 Å². The molecule has 27 heavy (non-hydrogen) atoms. The highest BCUT2D eigenvalue weighted by atomic mass is 19.2. The van der Waals surface area contributed by atoms with Gasteiger partial charge in [0.1, 0.15) is 12.4 Å². The first-order valence-electron chi connectivity index (χ1n) is 8.73. The average Bonchev–Trinajstić information content (AvgIpc) is 3.02. The molecule has 0 unspecified atom stereocenters. The maximum Gasteiger partial charge on any atom is 0.254 e. The van der Waals surface area contributed by atoms with Crippen molar-refractivity contribution >= 4 is 5.91 Å². The number of carbonyl (C=O) groups is 1. The molecule has 1 aromatic heterocycles. The number of aromatic nitrogens is 3. The van der Waals surface area contributed by atoms with Gasteiger partial charge in [-0.1, -0.05) is 6.07 Å². The van der Waals surface area contributed by atoms with Crippen LogP contribution in [0.25, 0.3) is 0 Å². The molecule has 2 N–H and O–H groups in total. The van der Waals surface area contributed by atoms with Gasteiger partial charge >= 0.3 is 0 Å². The molecule has 0 bridgehead atoms. The molecule has 1 amide bonds. The van der Waals surface area contributed by atoms with Crippen LogP contribution in [0, 0.1) is 18.6 Å². The van der Waals surface area contributed by atoms with Crippen LogP contribution in [0.2, 0.25) is 0 Å². The molecule has 0 spiro atoms. The summed E-state index contributed by atoms with van der Waals surface area (Å²) in [7, 11) is 1.59. The van der Waals surface area contributed by atoms with Gasteiger partial charge in [0.15, 0.2) is 17.5 Å². The molecular weight excluding hydrogens is 358 g/mol. The first-order valence-corrected chi connectivity index (χ1v) is 8.73. The van der Waals surface area contributed by atoms with Crippen LogP contribution in [-0.4, -0.2) is 45.5 Å². The number of ether oxygens (including phenoxy) is 1. The van der Waals surface area contributed by atoms with Crippen molar-refractivity contribution in [3.63, 3.8) is 0 Å². The summed E-state index contributed by atoms with van der Waals surface area (Å²) >= 11 is 0. The first-order chi connectivity index (χ1) is 13.0. The summed E-state index contributed by atoms with van der Waals surface area (Å²) in [5.41, 5.74) is -0.143. The van der Waals surface area contributed by atoms with Crippen LogP contribution < -0.4 is 5.32 Å². The van der Waals surface area contributed by atoms with Crippen LogP contribution in [0.4, 0.5) is 8.78 Å². The van der Waals surface area contributed by atoms with Gasteiger partial charge in [0.2, 0.25) is 0 Å². The van der Waals surface area contributed by atoms with Gasteiger partial charge < -0.3 is 19.7 Å². The van der Waals surface area contributed by atoms with Gasteiger partial charge in [0.25, 0.3) is 5.91 Å². The number of amides is 1. The van der Waals surface area contributed by atoms with Crippen molar-refractivity contribution < 1.29 is 23.4 Å². The summed E-state index contributed by atoms with van der Waals surface area (Å²) in [6, 6.07) is 2.51. The second-order valence-corrected chi connectivity index (χ2v) is 6.67. The van der Waals surface area contributed by atoms with E-state index in [0.717, 1.165) is 5.82 Å². The maximum absolute atomic E-state index is 13.9. The molecule has 0 aliphatic heterocycles. The molecule has 2 aromatic rings. The Balaban J connectivity index is 1.63. The highest BCUT2D eigenvalue weighted by molar-refractivity contribution is 5.94. The van der Waals surface area contributed by atoms with Crippen LogP contribution in [0.15, 0.2) is 12.1 Å². The third kappa shape index (κ3) is 3.84. The van der Waals surface area contributed by atoms with Crippen molar-refractivity contribution in [2.75, 3.05) is 13.7 Å². The molecule has 7 nitrogen and oxygen atoms in total. The van der Waals surface area contributed by atoms with Gasteiger partial charge in [0.05, 0.1) is 12.2 Å². The van der Waals surface area contributed by atoms with E-state index in [9.17, 15) is 18.7 Å². The predicted molar refractivity (Wildman–Crippen MR) is 92.1 cm³/mol. The summed E-state index contributed by atoms with van der Waals surface area (Å²) < 4.78 is 34.5. The van der Waals surface area contributed by atoms with Crippen molar-refractivity contribution in [2.45, 2.75) is 44.9 Å². The lowest BCUT2D eigenvalue weighted by atomic mass is 9.79. The molecule has 1 aliphatic rings. The Labute approximate surface area is 155 Å². The van der Waals surface area contributed by atoms with Crippen LogP contribution in [0.3, 0.4) is 0 Å². The Morgan fingerprint density at radius 1 is 1.33 bits per heavy atom. The van der Waals surface area contributed by atoms with Crippen molar-refractivity contribution in [3.8, 4) is 0 Å². The molecule has 0 atom stereocenters. The number of benzene rings is 1. The highest BCUT2D eigenvalue weighted by Gasteiger charge is 2.36. The Kier molecular flexibility index (Phi) is 5.81. The zero-order valence-corrected chi connectivity index (χ0v) is 15.2. The summed E-state index contributed by atoms with van der Waals surface area (Å²) in [5, 5.41) is 20.2. The van der Waals surface area contributed by atoms with E-state index in [4.69, 9.17) is 4.74 Å². The second-order valence-electron chi connectivity index (χ2n) is 6.67. The summed E-state index contributed by atoms with van der Waals surface area (Å²) in [6.45, 7) is 2.21. The van der Waals surface area contributed by atoms with Crippen molar-refractivity contribution in [1.82, 2.24) is 20.1 Å². The molecule has 1 fully saturated rings. The standard InChI is InChI=1S/C18H22F2N4O3/c1-10-3-4-13(16(20)15(10)19)18(26)21-12-7-11(8-12)17-23-22-14(9-25)24(17)5-6-27-2/h3-4,11-12,25H,5-9H2,1-2H3,(H,21,26). The SMILES string of the molecule is COCCn1c(CO)nnc1C1CC(NC(=O)c2ccc(C)c(F)c2F)C1. The molecule has 0 saturated heterocycles. The lowest BCUT2D eigenvalue weighted by Gasteiger charge is -2.35. The molecule has 1 aliphatic carbocycles. The molecule has 3 rings (SSSR count). The van der Waals surface area contributed by atoms with Crippen LogP contribution in [0.1, 0.15) is 46.3 Å². The lowest BCUT2D eigenvalue weighted by molar-refractivity contribution is 0.0901. The molecular formula is C18H22F2N4O3. The summed E-state index contributed by atoms with van der Waals surface area (Å²) in [5.74, 6) is -1.50. The van der Waals surface area contributed by atoms with Gasteiger partial charge in [-0.25, -0.2) is 8.78 Å². The Morgan fingerprint density at radius 3 is 2.74 bits per heavy atom. The minimum absolute atomic E-state index is 0.0690. The Morgan fingerprint density at radius 2 is 2.07 bits per heavy atom. The van der Waals surface area contributed by atoms with Crippen molar-refractivity contribution in [3.05, 3.63) is 46.5 Å². The number of halogens is 2. The predicted octanol–water partition coefficient (Wildman–Crippen LogP) is 1.68. The molecule has 1 saturated carbocycles. The van der Waals surface area contributed by atoms with E-state index in [0.29, 0.717) is 31.8 Å². The number of rotatable bonds is 7. The molecule has 1 heterocycles. The number of hydrogen-bond donors (Lipinski definition) is 2. The van der Waals surface area contributed by atoms with Gasteiger partial charge in [-0.05, 0) is 31.4 Å². The van der Waals surface area contributed by atoms with Gasteiger partial charge in [0, 0.05) is 25.6 Å². The molecule has 1 aromatic carbocycles. The van der Waals surface area contributed by atoms with Gasteiger partial charge in [-0.2, -0.15) is 0 Å². The van der Waals surface area contributed by atoms with E-state index < -0.39 is 17.5 Å². The van der Waals surface area contributed by atoms with Crippen molar-refractivity contribution in [2.24, 2.45) is 0 Å². The van der Waals surface area contributed by atoms with Gasteiger partial charge in [-0.15, -0.1) is 10.2 Å².